The Morgan fingerprint density at radius 2 is 0.955 bits per heavy atom. The van der Waals surface area contributed by atoms with Gasteiger partial charge in [0.1, 0.15) is 0 Å². The van der Waals surface area contributed by atoms with Gasteiger partial charge in [-0.3, -0.25) is 4.98 Å². The minimum Gasteiger partial charge on any atom is -0.256 e. The summed E-state index contributed by atoms with van der Waals surface area (Å²) in [5, 5.41) is 11.1. The maximum absolute atomic E-state index is 4.97. The van der Waals surface area contributed by atoms with E-state index in [-0.39, 0.29) is 0 Å². The summed E-state index contributed by atoms with van der Waals surface area (Å²) in [5.74, 6) is 0. The smallest absolute Gasteiger partial charge is 0.0708 e. The van der Waals surface area contributed by atoms with E-state index in [1.54, 1.807) is 0 Å². The Bertz CT molecular complexity index is 2540. The summed E-state index contributed by atoms with van der Waals surface area (Å²) in [5.41, 5.74) is 8.43. The predicted octanol–water partition coefficient (Wildman–Crippen LogP) is 11.8. The number of fused-ring (bicyclic) bond motifs is 6. The molecular formula is C43H27N. The van der Waals surface area contributed by atoms with Gasteiger partial charge in [-0.15, -0.1) is 0 Å². The molecule has 0 spiro atoms. The van der Waals surface area contributed by atoms with Crippen molar-refractivity contribution in [2.45, 2.75) is 0 Å². The molecule has 0 amide bonds. The van der Waals surface area contributed by atoms with Crippen LogP contribution in [0.5, 0.6) is 0 Å². The highest BCUT2D eigenvalue weighted by Crippen LogP contribution is 2.46. The highest BCUT2D eigenvalue weighted by molar-refractivity contribution is 6.27. The third-order valence-corrected chi connectivity index (χ3v) is 9.05. The van der Waals surface area contributed by atoms with Gasteiger partial charge in [-0.05, 0) is 83.9 Å². The summed E-state index contributed by atoms with van der Waals surface area (Å²) in [4.78, 5) is 4.97. The molecule has 1 heterocycles. The molecular weight excluding hydrogens is 530 g/mol. The molecule has 1 nitrogen and oxygen atoms in total. The second-order valence-corrected chi connectivity index (χ2v) is 11.5. The minimum atomic E-state index is 1.01. The van der Waals surface area contributed by atoms with Crippen molar-refractivity contribution in [3.8, 4) is 33.4 Å². The van der Waals surface area contributed by atoms with Gasteiger partial charge >= 0.3 is 0 Å². The van der Waals surface area contributed by atoms with Gasteiger partial charge in [0, 0.05) is 22.4 Å². The molecule has 0 bridgehead atoms. The number of aromatic nitrogens is 1. The Labute approximate surface area is 255 Å². The summed E-state index contributed by atoms with van der Waals surface area (Å²) in [6, 6.07) is 57.1. The van der Waals surface area contributed by atoms with Crippen molar-refractivity contribution < 1.29 is 0 Å². The molecule has 0 aliphatic rings. The lowest BCUT2D eigenvalue weighted by atomic mass is 9.85. The van der Waals surface area contributed by atoms with Crippen molar-refractivity contribution in [2.75, 3.05) is 0 Å². The Kier molecular flexibility index (Phi) is 5.57. The molecule has 8 aromatic carbocycles. The molecule has 0 aliphatic heterocycles. The zero-order chi connectivity index (χ0) is 29.0. The van der Waals surface area contributed by atoms with Crippen molar-refractivity contribution in [1.82, 2.24) is 4.98 Å². The number of rotatable bonds is 3. The number of benzene rings is 8. The van der Waals surface area contributed by atoms with E-state index in [0.717, 1.165) is 5.52 Å². The van der Waals surface area contributed by atoms with Crippen molar-refractivity contribution in [1.29, 1.82) is 0 Å². The summed E-state index contributed by atoms with van der Waals surface area (Å²) in [6.45, 7) is 0. The van der Waals surface area contributed by atoms with Crippen LogP contribution in [-0.2, 0) is 0 Å². The average Bonchev–Trinajstić information content (AvgIpc) is 3.10. The fourth-order valence-electron chi connectivity index (χ4n) is 7.06. The molecule has 0 saturated carbocycles. The highest BCUT2D eigenvalue weighted by atomic mass is 14.6. The Morgan fingerprint density at radius 3 is 1.77 bits per heavy atom. The van der Waals surface area contributed by atoms with Gasteiger partial charge < -0.3 is 0 Å². The van der Waals surface area contributed by atoms with Gasteiger partial charge in [-0.1, -0.05) is 140 Å². The molecule has 9 aromatic rings. The van der Waals surface area contributed by atoms with Gasteiger partial charge in [0.15, 0.2) is 0 Å². The van der Waals surface area contributed by atoms with Gasteiger partial charge in [0.25, 0.3) is 0 Å². The van der Waals surface area contributed by atoms with Gasteiger partial charge in [-0.25, -0.2) is 0 Å². The first-order valence-corrected chi connectivity index (χ1v) is 15.1. The molecule has 9 rings (SSSR count). The molecule has 1 heteroatoms. The van der Waals surface area contributed by atoms with E-state index in [1.165, 1.54) is 81.9 Å². The molecule has 0 fully saturated rings. The number of para-hydroxylation sites is 1. The maximum Gasteiger partial charge on any atom is 0.0708 e. The zero-order valence-electron chi connectivity index (χ0n) is 24.0. The first kappa shape index (κ1) is 24.8. The van der Waals surface area contributed by atoms with Crippen LogP contribution in [-0.4, -0.2) is 4.98 Å². The van der Waals surface area contributed by atoms with Crippen LogP contribution >= 0.6 is 0 Å². The minimum absolute atomic E-state index is 1.01. The van der Waals surface area contributed by atoms with Gasteiger partial charge in [0.05, 0.1) is 5.52 Å². The van der Waals surface area contributed by atoms with E-state index in [1.807, 2.05) is 0 Å². The molecule has 0 N–H and O–H groups in total. The Hall–Kier alpha value is -5.79. The Balaban J connectivity index is 1.32. The molecule has 0 unspecified atom stereocenters. The van der Waals surface area contributed by atoms with E-state index in [9.17, 15) is 0 Å². The normalized spacial score (nSPS) is 11.6. The van der Waals surface area contributed by atoms with Crippen LogP contribution in [0, 0.1) is 0 Å². The fourth-order valence-corrected chi connectivity index (χ4v) is 7.06. The number of hydrogen-bond donors (Lipinski definition) is 0. The molecule has 0 aliphatic carbocycles. The lowest BCUT2D eigenvalue weighted by Crippen LogP contribution is -1.93. The summed E-state index contributed by atoms with van der Waals surface area (Å²) in [6.07, 6.45) is 2.08. The zero-order valence-corrected chi connectivity index (χ0v) is 24.0. The fraction of sp³-hybridized carbons (Fsp3) is 0. The standard InChI is InChI=1S/C43H27N/c1-2-12-29(13-3-1)42-37-17-7-6-16-36(37)41(39-27-44-40-20-9-8-18-38(40)43(39)42)33-24-22-30-25-32(23-21-31(30)26-33)35-19-10-14-28-11-4-5-15-34(28)35/h1-27H. The second kappa shape index (κ2) is 9.90. The van der Waals surface area contributed by atoms with Crippen molar-refractivity contribution in [3.05, 3.63) is 164 Å². The second-order valence-electron chi connectivity index (χ2n) is 11.5. The van der Waals surface area contributed by atoms with Crippen LogP contribution in [0.15, 0.2) is 164 Å². The maximum atomic E-state index is 4.97. The number of hydrogen-bond acceptors (Lipinski definition) is 1. The average molecular weight is 558 g/mol. The lowest BCUT2D eigenvalue weighted by molar-refractivity contribution is 1.45. The van der Waals surface area contributed by atoms with E-state index in [0.29, 0.717) is 0 Å². The molecule has 0 saturated heterocycles. The molecule has 1 aromatic heterocycles. The van der Waals surface area contributed by atoms with E-state index >= 15 is 0 Å². The number of pyridine rings is 1. The third-order valence-electron chi connectivity index (χ3n) is 9.05. The monoisotopic (exact) mass is 557 g/mol. The highest BCUT2D eigenvalue weighted by Gasteiger charge is 2.19. The molecule has 0 radical (unpaired) electrons. The van der Waals surface area contributed by atoms with Gasteiger partial charge in [-0.2, -0.15) is 0 Å². The third kappa shape index (κ3) is 3.83. The Morgan fingerprint density at radius 1 is 0.341 bits per heavy atom. The van der Waals surface area contributed by atoms with Gasteiger partial charge in [0.2, 0.25) is 0 Å². The van der Waals surface area contributed by atoms with Crippen LogP contribution in [0.4, 0.5) is 0 Å². The summed E-state index contributed by atoms with van der Waals surface area (Å²) >= 11 is 0. The first-order chi connectivity index (χ1) is 21.8. The van der Waals surface area contributed by atoms with Crippen LogP contribution in [0.25, 0.3) is 87.4 Å². The van der Waals surface area contributed by atoms with Crippen LogP contribution in [0.1, 0.15) is 0 Å². The SMILES string of the molecule is c1ccc(-c2c3ccccc3c(-c3ccc4cc(-c5cccc6ccccc56)ccc4c3)c3cnc4ccccc4c23)cc1. The largest absolute Gasteiger partial charge is 0.256 e. The van der Waals surface area contributed by atoms with Crippen molar-refractivity contribution in [2.24, 2.45) is 0 Å². The van der Waals surface area contributed by atoms with Crippen LogP contribution < -0.4 is 0 Å². The number of nitrogens with zero attached hydrogens (tertiary/aromatic N) is 1. The van der Waals surface area contributed by atoms with Crippen LogP contribution in [0.3, 0.4) is 0 Å². The lowest BCUT2D eigenvalue weighted by Gasteiger charge is -2.19. The molecule has 0 atom stereocenters. The summed E-state index contributed by atoms with van der Waals surface area (Å²) < 4.78 is 0. The van der Waals surface area contributed by atoms with E-state index < -0.39 is 0 Å². The summed E-state index contributed by atoms with van der Waals surface area (Å²) in [7, 11) is 0. The van der Waals surface area contributed by atoms with Crippen molar-refractivity contribution in [3.63, 3.8) is 0 Å². The van der Waals surface area contributed by atoms with E-state index in [2.05, 4.69) is 164 Å². The van der Waals surface area contributed by atoms with Crippen LogP contribution in [0.2, 0.25) is 0 Å². The first-order valence-electron chi connectivity index (χ1n) is 15.1. The predicted molar refractivity (Wildman–Crippen MR) is 188 cm³/mol. The van der Waals surface area contributed by atoms with Crippen molar-refractivity contribution >= 4 is 54.0 Å². The topological polar surface area (TPSA) is 12.9 Å². The molecule has 44 heavy (non-hydrogen) atoms. The quantitative estimate of drug-likeness (QED) is 0.155. The van der Waals surface area contributed by atoms with E-state index in [4.69, 9.17) is 4.98 Å². The molecule has 204 valence electrons.